The van der Waals surface area contributed by atoms with Gasteiger partial charge in [0.1, 0.15) is 5.58 Å². The second-order valence-corrected chi connectivity index (χ2v) is 5.41. The van der Waals surface area contributed by atoms with Crippen LogP contribution in [0.5, 0.6) is 0 Å². The molecule has 0 saturated heterocycles. The third kappa shape index (κ3) is 1.85. The van der Waals surface area contributed by atoms with Gasteiger partial charge in [0.05, 0.1) is 4.88 Å². The number of ketones is 1. The topological polar surface area (TPSA) is 30.2 Å². The molecular formula is C14H9ClO2S. The number of furan rings is 1. The molecule has 0 fully saturated rings. The van der Waals surface area contributed by atoms with Gasteiger partial charge in [-0.2, -0.15) is 0 Å². The van der Waals surface area contributed by atoms with Crippen LogP contribution in [0.25, 0.3) is 11.0 Å². The lowest BCUT2D eigenvalue weighted by Gasteiger charge is -1.94. The largest absolute Gasteiger partial charge is 0.453 e. The quantitative estimate of drug-likeness (QED) is 0.636. The molecule has 4 heteroatoms. The molecule has 0 N–H and O–H groups in total. The highest BCUT2D eigenvalue weighted by Gasteiger charge is 2.17. The number of aryl methyl sites for hydroxylation is 1. The first-order valence-electron chi connectivity index (χ1n) is 5.43. The van der Waals surface area contributed by atoms with Gasteiger partial charge in [0, 0.05) is 10.4 Å². The molecule has 0 spiro atoms. The minimum atomic E-state index is -0.0742. The van der Waals surface area contributed by atoms with Gasteiger partial charge in [0.15, 0.2) is 5.76 Å². The summed E-state index contributed by atoms with van der Waals surface area (Å²) in [4.78, 5) is 13.0. The second-order valence-electron chi connectivity index (χ2n) is 4.05. The van der Waals surface area contributed by atoms with E-state index >= 15 is 0 Å². The van der Waals surface area contributed by atoms with Crippen LogP contribution in [0.2, 0.25) is 5.02 Å². The maximum Gasteiger partial charge on any atom is 0.238 e. The highest BCUT2D eigenvalue weighted by Crippen LogP contribution is 2.26. The summed E-state index contributed by atoms with van der Waals surface area (Å²) < 4.78 is 5.56. The lowest BCUT2D eigenvalue weighted by Crippen LogP contribution is -1.97. The van der Waals surface area contributed by atoms with E-state index in [0.29, 0.717) is 16.4 Å². The van der Waals surface area contributed by atoms with Gasteiger partial charge < -0.3 is 4.42 Å². The van der Waals surface area contributed by atoms with Crippen LogP contribution in [0.4, 0.5) is 0 Å². The average Bonchev–Trinajstić information content (AvgIpc) is 2.93. The summed E-state index contributed by atoms with van der Waals surface area (Å²) in [6.45, 7) is 1.92. The molecule has 3 rings (SSSR count). The lowest BCUT2D eigenvalue weighted by molar-refractivity contribution is 0.101. The number of thiophene rings is 1. The number of benzene rings is 1. The molecule has 2 heterocycles. The van der Waals surface area contributed by atoms with Crippen molar-refractivity contribution in [2.75, 3.05) is 0 Å². The predicted octanol–water partition coefficient (Wildman–Crippen LogP) is 4.69. The number of rotatable bonds is 2. The summed E-state index contributed by atoms with van der Waals surface area (Å²) >= 11 is 7.34. The fraction of sp³-hybridized carbons (Fsp3) is 0.0714. The molecule has 0 amide bonds. The molecule has 2 nitrogen and oxygen atoms in total. The zero-order valence-electron chi connectivity index (χ0n) is 9.57. The van der Waals surface area contributed by atoms with Crippen LogP contribution in [0.3, 0.4) is 0 Å². The molecule has 0 aliphatic rings. The van der Waals surface area contributed by atoms with Crippen molar-refractivity contribution in [2.24, 2.45) is 0 Å². The highest BCUT2D eigenvalue weighted by molar-refractivity contribution is 7.12. The SMILES string of the molecule is Cc1ccsc1C(=O)c1cc2cc(Cl)ccc2o1. The minimum Gasteiger partial charge on any atom is -0.453 e. The number of halogens is 1. The van der Waals surface area contributed by atoms with Crippen LogP contribution in [0.15, 0.2) is 40.1 Å². The molecule has 3 aromatic rings. The first kappa shape index (κ1) is 11.5. The molecule has 0 radical (unpaired) electrons. The summed E-state index contributed by atoms with van der Waals surface area (Å²) in [5.41, 5.74) is 1.65. The Hall–Kier alpha value is -1.58. The van der Waals surface area contributed by atoms with E-state index in [1.807, 2.05) is 18.4 Å². The molecule has 0 bridgehead atoms. The molecule has 90 valence electrons. The van der Waals surface area contributed by atoms with Crippen molar-refractivity contribution in [3.63, 3.8) is 0 Å². The van der Waals surface area contributed by atoms with E-state index in [2.05, 4.69) is 0 Å². The Morgan fingerprint density at radius 2 is 2.11 bits per heavy atom. The van der Waals surface area contributed by atoms with Gasteiger partial charge in [-0.3, -0.25) is 4.79 Å². The van der Waals surface area contributed by atoms with Gasteiger partial charge in [-0.05, 0) is 48.2 Å². The Kier molecular flexibility index (Phi) is 2.73. The zero-order chi connectivity index (χ0) is 12.7. The van der Waals surface area contributed by atoms with E-state index in [4.69, 9.17) is 16.0 Å². The summed E-state index contributed by atoms with van der Waals surface area (Å²) in [6.07, 6.45) is 0. The van der Waals surface area contributed by atoms with Crippen LogP contribution in [0.1, 0.15) is 21.0 Å². The fourth-order valence-electron chi connectivity index (χ4n) is 1.84. The molecule has 0 aliphatic carbocycles. The van der Waals surface area contributed by atoms with Crippen LogP contribution in [-0.4, -0.2) is 5.78 Å². The van der Waals surface area contributed by atoms with Gasteiger partial charge in [-0.1, -0.05) is 11.6 Å². The third-order valence-electron chi connectivity index (χ3n) is 2.77. The van der Waals surface area contributed by atoms with Crippen LogP contribution >= 0.6 is 22.9 Å². The molecule has 18 heavy (non-hydrogen) atoms. The van der Waals surface area contributed by atoms with Crippen molar-refractivity contribution < 1.29 is 9.21 Å². The Morgan fingerprint density at radius 1 is 1.28 bits per heavy atom. The first-order valence-corrected chi connectivity index (χ1v) is 6.69. The monoisotopic (exact) mass is 276 g/mol. The maximum atomic E-state index is 12.3. The van der Waals surface area contributed by atoms with Crippen molar-refractivity contribution >= 4 is 39.7 Å². The van der Waals surface area contributed by atoms with Crippen molar-refractivity contribution in [1.82, 2.24) is 0 Å². The molecule has 0 unspecified atom stereocenters. The Balaban J connectivity index is 2.10. The van der Waals surface area contributed by atoms with Crippen LogP contribution < -0.4 is 0 Å². The van der Waals surface area contributed by atoms with Crippen molar-refractivity contribution in [3.8, 4) is 0 Å². The summed E-state index contributed by atoms with van der Waals surface area (Å²) in [5.74, 6) is 0.285. The number of hydrogen-bond donors (Lipinski definition) is 0. The van der Waals surface area contributed by atoms with Gasteiger partial charge in [0.2, 0.25) is 5.78 Å². The van der Waals surface area contributed by atoms with Crippen molar-refractivity contribution in [2.45, 2.75) is 6.92 Å². The standard InChI is InChI=1S/C14H9ClO2S/c1-8-4-5-18-14(8)13(16)12-7-9-6-10(15)2-3-11(9)17-12/h2-7H,1H3. The van der Waals surface area contributed by atoms with Gasteiger partial charge in [-0.25, -0.2) is 0 Å². The number of fused-ring (bicyclic) bond motifs is 1. The molecule has 2 aromatic heterocycles. The van der Waals surface area contributed by atoms with E-state index < -0.39 is 0 Å². The van der Waals surface area contributed by atoms with Gasteiger partial charge >= 0.3 is 0 Å². The molecule has 1 aromatic carbocycles. The fourth-order valence-corrected chi connectivity index (χ4v) is 2.89. The van der Waals surface area contributed by atoms with Gasteiger partial charge in [0.25, 0.3) is 0 Å². The smallest absolute Gasteiger partial charge is 0.238 e. The van der Waals surface area contributed by atoms with E-state index in [9.17, 15) is 4.79 Å². The van der Waals surface area contributed by atoms with E-state index in [1.165, 1.54) is 11.3 Å². The van der Waals surface area contributed by atoms with E-state index in [-0.39, 0.29) is 5.78 Å². The molecule has 0 atom stereocenters. The normalized spacial score (nSPS) is 11.0. The van der Waals surface area contributed by atoms with E-state index in [1.54, 1.807) is 24.3 Å². The molecule has 0 aliphatic heterocycles. The zero-order valence-corrected chi connectivity index (χ0v) is 11.1. The van der Waals surface area contributed by atoms with Crippen molar-refractivity contribution in [1.29, 1.82) is 0 Å². The second kappa shape index (κ2) is 4.26. The third-order valence-corrected chi connectivity index (χ3v) is 4.02. The predicted molar refractivity (Wildman–Crippen MR) is 73.7 cm³/mol. The summed E-state index contributed by atoms with van der Waals surface area (Å²) in [7, 11) is 0. The highest BCUT2D eigenvalue weighted by atomic mass is 35.5. The van der Waals surface area contributed by atoms with Crippen molar-refractivity contribution in [3.05, 3.63) is 56.9 Å². The Labute approximate surface area is 113 Å². The number of carbonyl (C=O) groups is 1. The number of hydrogen-bond acceptors (Lipinski definition) is 3. The Bertz CT molecular complexity index is 739. The summed E-state index contributed by atoms with van der Waals surface area (Å²) in [5, 5.41) is 3.39. The van der Waals surface area contributed by atoms with Gasteiger partial charge in [-0.15, -0.1) is 11.3 Å². The maximum absolute atomic E-state index is 12.3. The Morgan fingerprint density at radius 3 is 2.83 bits per heavy atom. The minimum absolute atomic E-state index is 0.0742. The molecular weight excluding hydrogens is 268 g/mol. The number of carbonyl (C=O) groups excluding carboxylic acids is 1. The van der Waals surface area contributed by atoms with E-state index in [0.717, 1.165) is 15.8 Å². The van der Waals surface area contributed by atoms with Crippen LogP contribution in [0, 0.1) is 6.92 Å². The lowest BCUT2D eigenvalue weighted by atomic mass is 10.2. The molecule has 0 saturated carbocycles. The first-order chi connectivity index (χ1) is 8.65. The van der Waals surface area contributed by atoms with Crippen LogP contribution in [-0.2, 0) is 0 Å². The summed E-state index contributed by atoms with van der Waals surface area (Å²) in [6, 6.07) is 8.98. The average molecular weight is 277 g/mol.